The van der Waals surface area contributed by atoms with Crippen molar-refractivity contribution >= 4 is 0 Å². The van der Waals surface area contributed by atoms with E-state index in [1.165, 1.54) is 11.1 Å². The van der Waals surface area contributed by atoms with Gasteiger partial charge in [-0.15, -0.1) is 0 Å². The van der Waals surface area contributed by atoms with Gasteiger partial charge in [-0.1, -0.05) is 29.4 Å². The van der Waals surface area contributed by atoms with E-state index in [-0.39, 0.29) is 0 Å². The summed E-state index contributed by atoms with van der Waals surface area (Å²) in [5, 5.41) is 7.35. The molecule has 1 aromatic carbocycles. The van der Waals surface area contributed by atoms with Crippen LogP contribution in [0.2, 0.25) is 0 Å². The lowest BCUT2D eigenvalue weighted by atomic mass is 10.1. The lowest BCUT2D eigenvalue weighted by Crippen LogP contribution is -2.13. The van der Waals surface area contributed by atoms with E-state index < -0.39 is 0 Å². The first-order valence-electron chi connectivity index (χ1n) is 6.40. The quantitative estimate of drug-likeness (QED) is 0.867. The summed E-state index contributed by atoms with van der Waals surface area (Å²) in [6.07, 6.45) is 0. The number of hydrogen-bond acceptors (Lipinski definition) is 4. The second-order valence-corrected chi connectivity index (χ2v) is 4.66. The Bertz CT molecular complexity index is 498. The molecule has 0 bridgehead atoms. The largest absolute Gasteiger partial charge is 0.380 e. The minimum atomic E-state index is 0.660. The standard InChI is InChI=1S/C15H20N2O2/c1-11-15(12(2)19-17-11)9-16-8-13-4-6-14(7-5-13)10-18-3/h4-7,16H,8-10H2,1-3H3. The first kappa shape index (κ1) is 13.8. The summed E-state index contributed by atoms with van der Waals surface area (Å²) in [6, 6.07) is 8.43. The molecule has 0 unspecified atom stereocenters. The summed E-state index contributed by atoms with van der Waals surface area (Å²) in [6.45, 7) is 6.18. The highest BCUT2D eigenvalue weighted by Crippen LogP contribution is 2.12. The molecule has 1 heterocycles. The van der Waals surface area contributed by atoms with Crippen LogP contribution in [-0.2, 0) is 24.4 Å². The van der Waals surface area contributed by atoms with Crippen molar-refractivity contribution in [2.24, 2.45) is 0 Å². The predicted octanol–water partition coefficient (Wildman–Crippen LogP) is 2.73. The number of hydrogen-bond donors (Lipinski definition) is 1. The minimum Gasteiger partial charge on any atom is -0.380 e. The van der Waals surface area contributed by atoms with E-state index >= 15 is 0 Å². The fourth-order valence-electron chi connectivity index (χ4n) is 2.01. The average molecular weight is 260 g/mol. The normalized spacial score (nSPS) is 10.9. The summed E-state index contributed by atoms with van der Waals surface area (Å²) in [5.74, 6) is 0.889. The maximum Gasteiger partial charge on any atom is 0.138 e. The van der Waals surface area contributed by atoms with Crippen molar-refractivity contribution in [3.63, 3.8) is 0 Å². The monoisotopic (exact) mass is 260 g/mol. The smallest absolute Gasteiger partial charge is 0.138 e. The van der Waals surface area contributed by atoms with E-state index in [0.29, 0.717) is 6.61 Å². The Hall–Kier alpha value is -1.65. The van der Waals surface area contributed by atoms with E-state index in [4.69, 9.17) is 9.26 Å². The topological polar surface area (TPSA) is 47.3 Å². The van der Waals surface area contributed by atoms with Crippen LogP contribution in [0.4, 0.5) is 0 Å². The highest BCUT2D eigenvalue weighted by molar-refractivity contribution is 5.23. The summed E-state index contributed by atoms with van der Waals surface area (Å²) >= 11 is 0. The Labute approximate surface area is 113 Å². The van der Waals surface area contributed by atoms with Crippen molar-refractivity contribution in [1.82, 2.24) is 10.5 Å². The van der Waals surface area contributed by atoms with E-state index in [1.54, 1.807) is 7.11 Å². The molecule has 1 aromatic heterocycles. The van der Waals surface area contributed by atoms with Gasteiger partial charge in [0.2, 0.25) is 0 Å². The summed E-state index contributed by atoms with van der Waals surface area (Å²) in [7, 11) is 1.71. The number of aromatic nitrogens is 1. The molecule has 0 spiro atoms. The molecule has 2 rings (SSSR count). The molecule has 0 aliphatic rings. The van der Waals surface area contributed by atoms with Crippen LogP contribution in [0, 0.1) is 13.8 Å². The molecular weight excluding hydrogens is 240 g/mol. The van der Waals surface area contributed by atoms with Gasteiger partial charge >= 0.3 is 0 Å². The van der Waals surface area contributed by atoms with Crippen LogP contribution in [0.1, 0.15) is 28.1 Å². The molecule has 0 fully saturated rings. The summed E-state index contributed by atoms with van der Waals surface area (Å²) in [5.41, 5.74) is 4.56. The minimum absolute atomic E-state index is 0.660. The predicted molar refractivity (Wildman–Crippen MR) is 73.7 cm³/mol. The molecule has 0 saturated carbocycles. The average Bonchev–Trinajstić information content (AvgIpc) is 2.73. The molecule has 0 atom stereocenters. The van der Waals surface area contributed by atoms with Crippen molar-refractivity contribution in [2.45, 2.75) is 33.5 Å². The van der Waals surface area contributed by atoms with Gasteiger partial charge in [-0.25, -0.2) is 0 Å². The van der Waals surface area contributed by atoms with Gasteiger partial charge in [0.15, 0.2) is 0 Å². The van der Waals surface area contributed by atoms with Crippen molar-refractivity contribution in [3.05, 3.63) is 52.4 Å². The molecule has 4 heteroatoms. The second kappa shape index (κ2) is 6.50. The molecule has 0 amide bonds. The van der Waals surface area contributed by atoms with Gasteiger partial charge in [-0.05, 0) is 25.0 Å². The zero-order valence-electron chi connectivity index (χ0n) is 11.7. The van der Waals surface area contributed by atoms with E-state index in [9.17, 15) is 0 Å². The molecule has 0 radical (unpaired) electrons. The maximum atomic E-state index is 5.14. The van der Waals surface area contributed by atoms with Gasteiger partial charge < -0.3 is 14.6 Å². The Kier molecular flexibility index (Phi) is 4.71. The van der Waals surface area contributed by atoms with Crippen molar-refractivity contribution in [1.29, 1.82) is 0 Å². The van der Waals surface area contributed by atoms with Crippen LogP contribution in [-0.4, -0.2) is 12.3 Å². The lowest BCUT2D eigenvalue weighted by Gasteiger charge is -2.06. The van der Waals surface area contributed by atoms with Gasteiger partial charge in [0.1, 0.15) is 5.76 Å². The number of benzene rings is 1. The first-order valence-corrected chi connectivity index (χ1v) is 6.40. The molecular formula is C15H20N2O2. The zero-order chi connectivity index (χ0) is 13.7. The van der Waals surface area contributed by atoms with Crippen LogP contribution in [0.15, 0.2) is 28.8 Å². The SMILES string of the molecule is COCc1ccc(CNCc2c(C)noc2C)cc1. The highest BCUT2D eigenvalue weighted by atomic mass is 16.5. The number of methoxy groups -OCH3 is 1. The molecule has 1 N–H and O–H groups in total. The molecule has 102 valence electrons. The van der Waals surface area contributed by atoms with Crippen LogP contribution in [0.25, 0.3) is 0 Å². The fraction of sp³-hybridized carbons (Fsp3) is 0.400. The lowest BCUT2D eigenvalue weighted by molar-refractivity contribution is 0.185. The molecule has 2 aromatic rings. The molecule has 0 saturated heterocycles. The van der Waals surface area contributed by atoms with Crippen LogP contribution in [0.5, 0.6) is 0 Å². The Balaban J connectivity index is 1.85. The van der Waals surface area contributed by atoms with Gasteiger partial charge in [0.25, 0.3) is 0 Å². The van der Waals surface area contributed by atoms with Crippen molar-refractivity contribution in [2.75, 3.05) is 7.11 Å². The number of ether oxygens (including phenoxy) is 1. The van der Waals surface area contributed by atoms with Crippen molar-refractivity contribution < 1.29 is 9.26 Å². The summed E-state index contributed by atoms with van der Waals surface area (Å²) < 4.78 is 10.2. The third kappa shape index (κ3) is 3.66. The summed E-state index contributed by atoms with van der Waals surface area (Å²) in [4.78, 5) is 0. The Morgan fingerprint density at radius 2 is 1.79 bits per heavy atom. The van der Waals surface area contributed by atoms with Crippen LogP contribution in [0.3, 0.4) is 0 Å². The number of nitrogens with one attached hydrogen (secondary N) is 1. The zero-order valence-corrected chi connectivity index (χ0v) is 11.7. The maximum absolute atomic E-state index is 5.14. The number of nitrogens with zero attached hydrogens (tertiary/aromatic N) is 1. The molecule has 0 aliphatic heterocycles. The van der Waals surface area contributed by atoms with Gasteiger partial charge in [-0.2, -0.15) is 0 Å². The molecule has 19 heavy (non-hydrogen) atoms. The van der Waals surface area contributed by atoms with E-state index in [1.807, 2.05) is 13.8 Å². The van der Waals surface area contributed by atoms with Gasteiger partial charge in [0.05, 0.1) is 12.3 Å². The van der Waals surface area contributed by atoms with Crippen molar-refractivity contribution in [3.8, 4) is 0 Å². The third-order valence-electron chi connectivity index (χ3n) is 3.15. The van der Waals surface area contributed by atoms with Gasteiger partial charge in [-0.3, -0.25) is 0 Å². The third-order valence-corrected chi connectivity index (χ3v) is 3.15. The Morgan fingerprint density at radius 3 is 2.37 bits per heavy atom. The van der Waals surface area contributed by atoms with Crippen LogP contribution < -0.4 is 5.32 Å². The first-order chi connectivity index (χ1) is 9.20. The molecule has 4 nitrogen and oxygen atoms in total. The van der Waals surface area contributed by atoms with Crippen LogP contribution >= 0.6 is 0 Å². The molecule has 0 aliphatic carbocycles. The second-order valence-electron chi connectivity index (χ2n) is 4.66. The number of rotatable bonds is 6. The Morgan fingerprint density at radius 1 is 1.11 bits per heavy atom. The number of aryl methyl sites for hydroxylation is 2. The van der Waals surface area contributed by atoms with Gasteiger partial charge in [0, 0.05) is 25.8 Å². The van der Waals surface area contributed by atoms with E-state index in [0.717, 1.165) is 30.1 Å². The highest BCUT2D eigenvalue weighted by Gasteiger charge is 2.07. The fourth-order valence-corrected chi connectivity index (χ4v) is 2.01. The van der Waals surface area contributed by atoms with E-state index in [2.05, 4.69) is 34.7 Å².